The third-order valence-corrected chi connectivity index (χ3v) is 5.78. The average Bonchev–Trinajstić information content (AvgIpc) is 2.65. The van der Waals surface area contributed by atoms with Crippen LogP contribution in [0.4, 0.5) is 5.69 Å². The molecular weight excluding hydrogens is 406 g/mol. The fourth-order valence-electron chi connectivity index (χ4n) is 2.24. The number of halogens is 1. The van der Waals surface area contributed by atoms with Gasteiger partial charge < -0.3 is 14.8 Å². The van der Waals surface area contributed by atoms with Gasteiger partial charge in [0.1, 0.15) is 5.75 Å². The van der Waals surface area contributed by atoms with Crippen molar-refractivity contribution < 1.29 is 27.5 Å². The zero-order chi connectivity index (χ0) is 20.7. The molecule has 0 atom stereocenters. The van der Waals surface area contributed by atoms with Gasteiger partial charge in [-0.15, -0.1) is 0 Å². The number of sulfone groups is 1. The number of anilines is 1. The summed E-state index contributed by atoms with van der Waals surface area (Å²) < 4.78 is 34.2. The minimum absolute atomic E-state index is 0.139. The Labute approximate surface area is 168 Å². The molecule has 0 saturated heterocycles. The van der Waals surface area contributed by atoms with Crippen molar-refractivity contribution in [2.45, 2.75) is 18.2 Å². The Morgan fingerprint density at radius 2 is 1.79 bits per heavy atom. The number of carbonyl (C=O) groups excluding carboxylic acids is 2. The normalized spacial score (nSPS) is 11.0. The molecular formula is C19H20ClNO6S. The Morgan fingerprint density at radius 3 is 2.39 bits per heavy atom. The van der Waals surface area contributed by atoms with Crippen LogP contribution in [0.25, 0.3) is 0 Å². The Balaban J connectivity index is 1.81. The molecule has 1 amide bonds. The molecule has 0 bridgehead atoms. The molecule has 7 nitrogen and oxygen atoms in total. The van der Waals surface area contributed by atoms with Gasteiger partial charge in [-0.05, 0) is 37.3 Å². The number of methoxy groups -OCH3 is 1. The first-order valence-corrected chi connectivity index (χ1v) is 10.3. The minimum Gasteiger partial charge on any atom is -0.495 e. The monoisotopic (exact) mass is 425 g/mol. The second-order valence-corrected chi connectivity index (χ2v) is 8.46. The van der Waals surface area contributed by atoms with Gasteiger partial charge in [0.15, 0.2) is 16.4 Å². The minimum atomic E-state index is -3.60. The van der Waals surface area contributed by atoms with Gasteiger partial charge in [0, 0.05) is 5.69 Å². The first kappa shape index (κ1) is 21.7. The Kier molecular flexibility index (Phi) is 7.42. The van der Waals surface area contributed by atoms with Gasteiger partial charge in [0.25, 0.3) is 5.91 Å². The summed E-state index contributed by atoms with van der Waals surface area (Å²) in [5, 5.41) is 2.84. The van der Waals surface area contributed by atoms with E-state index in [4.69, 9.17) is 21.1 Å². The number of hydrogen-bond donors (Lipinski definition) is 1. The van der Waals surface area contributed by atoms with E-state index in [0.717, 1.165) is 5.56 Å². The number of aryl methyl sites for hydroxylation is 1. The summed E-state index contributed by atoms with van der Waals surface area (Å²) in [4.78, 5) is 23.8. The van der Waals surface area contributed by atoms with Crippen LogP contribution in [0.5, 0.6) is 5.75 Å². The summed E-state index contributed by atoms with van der Waals surface area (Å²) in [5.41, 5.74) is 1.34. The highest BCUT2D eigenvalue weighted by Gasteiger charge is 2.17. The molecule has 0 radical (unpaired) electrons. The predicted octanol–water partition coefficient (Wildman–Crippen LogP) is 3.00. The first-order valence-electron chi connectivity index (χ1n) is 8.30. The van der Waals surface area contributed by atoms with Crippen molar-refractivity contribution in [3.63, 3.8) is 0 Å². The highest BCUT2D eigenvalue weighted by atomic mass is 35.5. The van der Waals surface area contributed by atoms with E-state index < -0.39 is 34.1 Å². The van der Waals surface area contributed by atoms with E-state index >= 15 is 0 Å². The first-order chi connectivity index (χ1) is 13.2. The number of ether oxygens (including phenoxy) is 2. The topological polar surface area (TPSA) is 98.8 Å². The van der Waals surface area contributed by atoms with Crippen molar-refractivity contribution in [2.75, 3.05) is 24.8 Å². The zero-order valence-corrected chi connectivity index (χ0v) is 17.0. The number of hydrogen-bond acceptors (Lipinski definition) is 6. The molecule has 0 aliphatic carbocycles. The predicted molar refractivity (Wildman–Crippen MR) is 105 cm³/mol. The van der Waals surface area contributed by atoms with Crippen LogP contribution in [0.1, 0.15) is 12.0 Å². The summed E-state index contributed by atoms with van der Waals surface area (Å²) in [7, 11) is -2.13. The smallest absolute Gasteiger partial charge is 0.307 e. The lowest BCUT2D eigenvalue weighted by Gasteiger charge is -2.09. The molecule has 0 aromatic heterocycles. The van der Waals surface area contributed by atoms with Crippen LogP contribution in [0, 0.1) is 6.92 Å². The Morgan fingerprint density at radius 1 is 1.11 bits per heavy atom. The van der Waals surface area contributed by atoms with Gasteiger partial charge in [-0.2, -0.15) is 0 Å². The van der Waals surface area contributed by atoms with Gasteiger partial charge in [-0.25, -0.2) is 8.42 Å². The van der Waals surface area contributed by atoms with Crippen molar-refractivity contribution >= 4 is 39.0 Å². The molecule has 0 saturated carbocycles. The maximum Gasteiger partial charge on any atom is 0.307 e. The van der Waals surface area contributed by atoms with Crippen LogP contribution in [-0.4, -0.2) is 39.8 Å². The summed E-state index contributed by atoms with van der Waals surface area (Å²) in [6.07, 6.45) is -0.349. The molecule has 2 rings (SSSR count). The van der Waals surface area contributed by atoms with E-state index in [-0.39, 0.29) is 11.3 Å². The zero-order valence-electron chi connectivity index (χ0n) is 15.4. The SMILES string of the molecule is COc1ccc(NC(=O)COC(=O)CCS(=O)(=O)c2ccc(C)cc2)cc1Cl. The number of rotatable bonds is 8. The third kappa shape index (κ3) is 6.24. The van der Waals surface area contributed by atoms with Crippen LogP contribution in [0.3, 0.4) is 0 Å². The maximum atomic E-state index is 12.2. The van der Waals surface area contributed by atoms with Crippen molar-refractivity contribution in [3.8, 4) is 5.75 Å². The number of nitrogens with one attached hydrogen (secondary N) is 1. The maximum absolute atomic E-state index is 12.2. The molecule has 1 N–H and O–H groups in total. The molecule has 0 fully saturated rings. The van der Waals surface area contributed by atoms with Gasteiger partial charge in [-0.1, -0.05) is 29.3 Å². The number of amides is 1. The van der Waals surface area contributed by atoms with E-state index in [9.17, 15) is 18.0 Å². The van der Waals surface area contributed by atoms with E-state index in [0.29, 0.717) is 16.5 Å². The summed E-state index contributed by atoms with van der Waals surface area (Å²) in [6.45, 7) is 1.31. The molecule has 0 unspecified atom stereocenters. The molecule has 0 heterocycles. The van der Waals surface area contributed by atoms with Crippen LogP contribution in [-0.2, 0) is 24.2 Å². The largest absolute Gasteiger partial charge is 0.495 e. The quantitative estimate of drug-likeness (QED) is 0.653. The van der Waals surface area contributed by atoms with Crippen molar-refractivity contribution in [1.29, 1.82) is 0 Å². The van der Waals surface area contributed by atoms with Crippen molar-refractivity contribution in [2.24, 2.45) is 0 Å². The lowest BCUT2D eigenvalue weighted by atomic mass is 10.2. The highest BCUT2D eigenvalue weighted by molar-refractivity contribution is 7.91. The van der Waals surface area contributed by atoms with Gasteiger partial charge in [-0.3, -0.25) is 9.59 Å². The molecule has 2 aromatic rings. The van der Waals surface area contributed by atoms with Crippen LogP contribution >= 0.6 is 11.6 Å². The van der Waals surface area contributed by atoms with Crippen molar-refractivity contribution in [1.82, 2.24) is 0 Å². The fourth-order valence-corrected chi connectivity index (χ4v) is 3.72. The van der Waals surface area contributed by atoms with Gasteiger partial charge in [0.05, 0.1) is 29.2 Å². The van der Waals surface area contributed by atoms with Crippen LogP contribution in [0.2, 0.25) is 5.02 Å². The molecule has 0 aliphatic rings. The van der Waals surface area contributed by atoms with Gasteiger partial charge in [0.2, 0.25) is 0 Å². The number of benzene rings is 2. The Hall–Kier alpha value is -2.58. The molecule has 150 valence electrons. The molecule has 0 spiro atoms. The molecule has 0 aliphatic heterocycles. The van der Waals surface area contributed by atoms with Crippen molar-refractivity contribution in [3.05, 3.63) is 53.1 Å². The molecule has 28 heavy (non-hydrogen) atoms. The van der Waals surface area contributed by atoms with Crippen LogP contribution < -0.4 is 10.1 Å². The highest BCUT2D eigenvalue weighted by Crippen LogP contribution is 2.27. The summed E-state index contributed by atoms with van der Waals surface area (Å²) >= 11 is 5.97. The van der Waals surface area contributed by atoms with Crippen LogP contribution in [0.15, 0.2) is 47.4 Å². The molecule has 2 aromatic carbocycles. The lowest BCUT2D eigenvalue weighted by Crippen LogP contribution is -2.22. The van der Waals surface area contributed by atoms with E-state index in [1.807, 2.05) is 6.92 Å². The second kappa shape index (κ2) is 9.57. The Bertz CT molecular complexity index is 957. The average molecular weight is 426 g/mol. The summed E-state index contributed by atoms with van der Waals surface area (Å²) in [6, 6.07) is 11.0. The molecule has 9 heteroatoms. The van der Waals surface area contributed by atoms with E-state index in [1.165, 1.54) is 25.3 Å². The van der Waals surface area contributed by atoms with E-state index in [2.05, 4.69) is 5.32 Å². The lowest BCUT2D eigenvalue weighted by molar-refractivity contribution is -0.146. The summed E-state index contributed by atoms with van der Waals surface area (Å²) in [5.74, 6) is -1.29. The second-order valence-electron chi connectivity index (χ2n) is 5.94. The number of carbonyl (C=O) groups is 2. The standard InChI is InChI=1S/C19H20ClNO6S/c1-13-3-6-15(7-4-13)28(24,25)10-9-19(23)27-12-18(22)21-14-5-8-17(26-2)16(20)11-14/h3-8,11H,9-10,12H2,1-2H3,(H,21,22). The third-order valence-electron chi connectivity index (χ3n) is 3.75. The van der Waals surface area contributed by atoms with Gasteiger partial charge >= 0.3 is 5.97 Å². The number of esters is 1. The fraction of sp³-hybridized carbons (Fsp3) is 0.263. The van der Waals surface area contributed by atoms with E-state index in [1.54, 1.807) is 24.3 Å².